The van der Waals surface area contributed by atoms with Gasteiger partial charge < -0.3 is 10.2 Å². The molecule has 0 aromatic carbocycles. The Hall–Kier alpha value is -0.0800. The fourth-order valence-corrected chi connectivity index (χ4v) is 3.46. The molecule has 0 radical (unpaired) electrons. The van der Waals surface area contributed by atoms with Crippen LogP contribution in [0.2, 0.25) is 0 Å². The molecular formula is C15H30N2. The highest BCUT2D eigenvalue weighted by molar-refractivity contribution is 4.89. The molecule has 2 heteroatoms. The van der Waals surface area contributed by atoms with Crippen molar-refractivity contribution in [2.45, 2.75) is 64.8 Å². The first-order valence-electron chi connectivity index (χ1n) is 7.47. The van der Waals surface area contributed by atoms with Crippen LogP contribution in [0.3, 0.4) is 0 Å². The minimum Gasteiger partial charge on any atom is -0.311 e. The normalized spacial score (nSPS) is 25.6. The Balaban J connectivity index is 1.65. The van der Waals surface area contributed by atoms with Gasteiger partial charge >= 0.3 is 0 Å². The van der Waals surface area contributed by atoms with Gasteiger partial charge in [0, 0.05) is 18.6 Å². The Morgan fingerprint density at radius 3 is 2.12 bits per heavy atom. The summed E-state index contributed by atoms with van der Waals surface area (Å²) in [5.41, 5.74) is 1.04. The quantitative estimate of drug-likeness (QED) is 0.813. The standard InChI is InChI=1S/C15H30N2/c1-14(2,3)16-10-13-17-11-8-15(9-12-17)6-4-5-7-15/h16H,4-13H2,1-3H3. The number of hydrogen-bond acceptors (Lipinski definition) is 2. The average Bonchev–Trinajstić information content (AvgIpc) is 2.68. The third-order valence-electron chi connectivity index (χ3n) is 4.66. The number of nitrogens with one attached hydrogen (secondary N) is 1. The topological polar surface area (TPSA) is 15.3 Å². The van der Waals surface area contributed by atoms with Crippen LogP contribution in [0.5, 0.6) is 0 Å². The molecular weight excluding hydrogens is 208 g/mol. The maximum Gasteiger partial charge on any atom is 0.0107 e. The summed E-state index contributed by atoms with van der Waals surface area (Å²) in [7, 11) is 0. The fraction of sp³-hybridized carbons (Fsp3) is 1.00. The second kappa shape index (κ2) is 5.27. The van der Waals surface area contributed by atoms with Crippen LogP contribution in [0.4, 0.5) is 0 Å². The van der Waals surface area contributed by atoms with Gasteiger partial charge in [0.25, 0.3) is 0 Å². The van der Waals surface area contributed by atoms with E-state index in [1.165, 1.54) is 58.2 Å². The van der Waals surface area contributed by atoms with Gasteiger partial charge in [0.1, 0.15) is 0 Å². The molecule has 0 amide bonds. The van der Waals surface area contributed by atoms with E-state index in [9.17, 15) is 0 Å². The van der Waals surface area contributed by atoms with E-state index in [1.807, 2.05) is 0 Å². The fourth-order valence-electron chi connectivity index (χ4n) is 3.46. The Morgan fingerprint density at radius 2 is 1.59 bits per heavy atom. The molecule has 100 valence electrons. The summed E-state index contributed by atoms with van der Waals surface area (Å²) in [5.74, 6) is 0. The molecule has 2 nitrogen and oxygen atoms in total. The highest BCUT2D eigenvalue weighted by Gasteiger charge is 2.36. The number of rotatable bonds is 3. The summed E-state index contributed by atoms with van der Waals surface area (Å²) in [6, 6.07) is 0. The molecule has 2 rings (SSSR count). The van der Waals surface area contributed by atoms with E-state index in [-0.39, 0.29) is 5.54 Å². The molecule has 0 atom stereocenters. The SMILES string of the molecule is CC(C)(C)NCCN1CCC2(CCCC2)CC1. The molecule has 1 saturated carbocycles. The highest BCUT2D eigenvalue weighted by atomic mass is 15.1. The predicted molar refractivity (Wildman–Crippen MR) is 74.3 cm³/mol. The Labute approximate surface area is 107 Å². The summed E-state index contributed by atoms with van der Waals surface area (Å²) < 4.78 is 0. The zero-order valence-corrected chi connectivity index (χ0v) is 12.0. The Morgan fingerprint density at radius 1 is 1.00 bits per heavy atom. The van der Waals surface area contributed by atoms with Crippen molar-refractivity contribution >= 4 is 0 Å². The molecule has 1 aliphatic heterocycles. The van der Waals surface area contributed by atoms with E-state index in [2.05, 4.69) is 31.0 Å². The van der Waals surface area contributed by atoms with Gasteiger partial charge in [-0.3, -0.25) is 0 Å². The Bertz CT molecular complexity index is 226. The van der Waals surface area contributed by atoms with Crippen molar-refractivity contribution in [2.75, 3.05) is 26.2 Å². The van der Waals surface area contributed by atoms with Crippen LogP contribution in [0.1, 0.15) is 59.3 Å². The lowest BCUT2D eigenvalue weighted by Crippen LogP contribution is -2.45. The molecule has 0 bridgehead atoms. The minimum atomic E-state index is 0.266. The molecule has 0 aromatic heterocycles. The van der Waals surface area contributed by atoms with Crippen molar-refractivity contribution in [3.8, 4) is 0 Å². The molecule has 17 heavy (non-hydrogen) atoms. The van der Waals surface area contributed by atoms with Crippen LogP contribution in [-0.2, 0) is 0 Å². The summed E-state index contributed by atoms with van der Waals surface area (Å²) in [6.07, 6.45) is 8.93. The maximum absolute atomic E-state index is 3.59. The van der Waals surface area contributed by atoms with E-state index in [4.69, 9.17) is 0 Å². The van der Waals surface area contributed by atoms with E-state index < -0.39 is 0 Å². The van der Waals surface area contributed by atoms with Crippen molar-refractivity contribution in [1.82, 2.24) is 10.2 Å². The van der Waals surface area contributed by atoms with Crippen molar-refractivity contribution in [2.24, 2.45) is 5.41 Å². The van der Waals surface area contributed by atoms with Gasteiger partial charge in [0.2, 0.25) is 0 Å². The van der Waals surface area contributed by atoms with Crippen molar-refractivity contribution in [3.63, 3.8) is 0 Å². The number of hydrogen-bond donors (Lipinski definition) is 1. The zero-order valence-electron chi connectivity index (χ0n) is 12.0. The van der Waals surface area contributed by atoms with Gasteiger partial charge in [0.05, 0.1) is 0 Å². The average molecular weight is 238 g/mol. The van der Waals surface area contributed by atoms with Crippen LogP contribution in [0.15, 0.2) is 0 Å². The molecule has 1 saturated heterocycles. The lowest BCUT2D eigenvalue weighted by molar-refractivity contribution is 0.108. The van der Waals surface area contributed by atoms with Crippen LogP contribution < -0.4 is 5.32 Å². The van der Waals surface area contributed by atoms with E-state index in [0.29, 0.717) is 0 Å². The van der Waals surface area contributed by atoms with Gasteiger partial charge in [-0.05, 0) is 65.0 Å². The van der Waals surface area contributed by atoms with E-state index in [1.54, 1.807) is 0 Å². The third-order valence-corrected chi connectivity index (χ3v) is 4.66. The van der Waals surface area contributed by atoms with Crippen molar-refractivity contribution < 1.29 is 0 Å². The second-order valence-corrected chi connectivity index (χ2v) is 7.23. The summed E-state index contributed by atoms with van der Waals surface area (Å²) >= 11 is 0. The zero-order chi connectivity index (χ0) is 12.4. The minimum absolute atomic E-state index is 0.266. The number of likely N-dealkylation sites (tertiary alicyclic amines) is 1. The van der Waals surface area contributed by atoms with Crippen LogP contribution >= 0.6 is 0 Å². The first-order valence-corrected chi connectivity index (χ1v) is 7.47. The molecule has 1 N–H and O–H groups in total. The van der Waals surface area contributed by atoms with Crippen molar-refractivity contribution in [1.29, 1.82) is 0 Å². The molecule has 1 aliphatic carbocycles. The van der Waals surface area contributed by atoms with Gasteiger partial charge in [-0.25, -0.2) is 0 Å². The molecule has 0 aromatic rings. The number of piperidine rings is 1. The molecule has 2 aliphatic rings. The lowest BCUT2D eigenvalue weighted by atomic mass is 9.77. The highest BCUT2D eigenvalue weighted by Crippen LogP contribution is 2.45. The second-order valence-electron chi connectivity index (χ2n) is 7.23. The molecule has 1 heterocycles. The van der Waals surface area contributed by atoms with Crippen LogP contribution in [0, 0.1) is 5.41 Å². The van der Waals surface area contributed by atoms with Crippen LogP contribution in [-0.4, -0.2) is 36.6 Å². The summed E-state index contributed by atoms with van der Waals surface area (Å²) in [5, 5.41) is 3.59. The first kappa shape index (κ1) is 13.4. The van der Waals surface area contributed by atoms with Gasteiger partial charge in [-0.2, -0.15) is 0 Å². The summed E-state index contributed by atoms with van der Waals surface area (Å²) in [4.78, 5) is 2.66. The van der Waals surface area contributed by atoms with Crippen molar-refractivity contribution in [3.05, 3.63) is 0 Å². The Kier molecular flexibility index (Phi) is 4.14. The maximum atomic E-state index is 3.59. The van der Waals surface area contributed by atoms with Crippen LogP contribution in [0.25, 0.3) is 0 Å². The lowest BCUT2D eigenvalue weighted by Gasteiger charge is -2.39. The van der Waals surface area contributed by atoms with Gasteiger partial charge in [-0.1, -0.05) is 12.8 Å². The molecule has 0 unspecified atom stereocenters. The van der Waals surface area contributed by atoms with Gasteiger partial charge in [0.15, 0.2) is 0 Å². The number of nitrogens with zero attached hydrogens (tertiary/aromatic N) is 1. The first-order chi connectivity index (χ1) is 7.99. The predicted octanol–water partition coefficient (Wildman–Crippen LogP) is 3.03. The molecule has 1 spiro atoms. The smallest absolute Gasteiger partial charge is 0.0107 e. The third kappa shape index (κ3) is 3.96. The molecule has 2 fully saturated rings. The summed E-state index contributed by atoms with van der Waals surface area (Å²) in [6.45, 7) is 11.8. The van der Waals surface area contributed by atoms with E-state index in [0.717, 1.165) is 12.0 Å². The van der Waals surface area contributed by atoms with Gasteiger partial charge in [-0.15, -0.1) is 0 Å². The monoisotopic (exact) mass is 238 g/mol. The largest absolute Gasteiger partial charge is 0.311 e. The van der Waals surface area contributed by atoms with E-state index >= 15 is 0 Å².